The van der Waals surface area contributed by atoms with Crippen molar-refractivity contribution >= 4 is 11.5 Å². The van der Waals surface area contributed by atoms with Crippen LogP contribution in [0, 0.1) is 5.92 Å². The van der Waals surface area contributed by atoms with Gasteiger partial charge < -0.3 is 20.9 Å². The number of nitrogens with zero attached hydrogens (tertiary/aromatic N) is 1. The van der Waals surface area contributed by atoms with E-state index >= 15 is 0 Å². The number of ether oxygens (including phenoxy) is 1. The standard InChI is InChI=1S/C15H25N3O2/c1-10(2)9-20-15-11(16)7-8-14(18-15)17-12-5-3-4-6-13(12)19/h7-8,10,12-13,19H,3-6,9,16H2,1-2H3,(H,17,18). The van der Waals surface area contributed by atoms with Crippen molar-refractivity contribution in [3.8, 4) is 5.88 Å². The van der Waals surface area contributed by atoms with E-state index in [0.717, 1.165) is 25.7 Å². The van der Waals surface area contributed by atoms with Crippen molar-refractivity contribution < 1.29 is 9.84 Å². The molecular weight excluding hydrogens is 254 g/mol. The molecule has 20 heavy (non-hydrogen) atoms. The zero-order valence-electron chi connectivity index (χ0n) is 12.3. The molecule has 0 aromatic carbocycles. The topological polar surface area (TPSA) is 80.4 Å². The summed E-state index contributed by atoms with van der Waals surface area (Å²) in [7, 11) is 0. The summed E-state index contributed by atoms with van der Waals surface area (Å²) in [6, 6.07) is 3.69. The maximum absolute atomic E-state index is 9.98. The Kier molecular flexibility index (Phi) is 5.06. The first kappa shape index (κ1) is 14.9. The maximum atomic E-state index is 9.98. The number of aromatic nitrogens is 1. The maximum Gasteiger partial charge on any atom is 0.239 e. The van der Waals surface area contributed by atoms with Crippen LogP contribution in [0.25, 0.3) is 0 Å². The summed E-state index contributed by atoms with van der Waals surface area (Å²) in [4.78, 5) is 4.40. The first-order valence-corrected chi connectivity index (χ1v) is 7.40. The van der Waals surface area contributed by atoms with E-state index in [1.165, 1.54) is 0 Å². The van der Waals surface area contributed by atoms with E-state index in [9.17, 15) is 5.11 Å². The number of nitrogens with one attached hydrogen (secondary N) is 1. The number of pyridine rings is 1. The predicted octanol–water partition coefficient (Wildman–Crippen LogP) is 2.41. The molecule has 0 spiro atoms. The van der Waals surface area contributed by atoms with Crippen LogP contribution in [0.4, 0.5) is 11.5 Å². The third kappa shape index (κ3) is 4.00. The minimum atomic E-state index is -0.303. The summed E-state index contributed by atoms with van der Waals surface area (Å²) in [5.74, 6) is 1.60. The first-order valence-electron chi connectivity index (χ1n) is 7.40. The molecule has 2 rings (SSSR count). The van der Waals surface area contributed by atoms with Crippen LogP contribution in [0.1, 0.15) is 39.5 Å². The number of anilines is 2. The highest BCUT2D eigenvalue weighted by molar-refractivity contribution is 5.54. The van der Waals surface area contributed by atoms with E-state index in [2.05, 4.69) is 24.1 Å². The van der Waals surface area contributed by atoms with E-state index in [1.54, 1.807) is 6.07 Å². The lowest BCUT2D eigenvalue weighted by atomic mass is 9.92. The summed E-state index contributed by atoms with van der Waals surface area (Å²) in [6.45, 7) is 4.75. The first-order chi connectivity index (χ1) is 9.56. The van der Waals surface area contributed by atoms with Crippen LogP contribution < -0.4 is 15.8 Å². The fraction of sp³-hybridized carbons (Fsp3) is 0.667. The van der Waals surface area contributed by atoms with Gasteiger partial charge in [0.15, 0.2) is 0 Å². The molecule has 0 saturated heterocycles. The van der Waals surface area contributed by atoms with E-state index in [4.69, 9.17) is 10.5 Å². The minimum Gasteiger partial charge on any atom is -0.476 e. The average Bonchev–Trinajstić information content (AvgIpc) is 2.42. The second kappa shape index (κ2) is 6.79. The van der Waals surface area contributed by atoms with Crippen LogP contribution in [0.15, 0.2) is 12.1 Å². The average molecular weight is 279 g/mol. The molecule has 0 radical (unpaired) electrons. The summed E-state index contributed by atoms with van der Waals surface area (Å²) >= 11 is 0. The molecule has 1 fully saturated rings. The van der Waals surface area contributed by atoms with Crippen LogP contribution in [0.2, 0.25) is 0 Å². The van der Waals surface area contributed by atoms with Gasteiger partial charge in [0.25, 0.3) is 0 Å². The summed E-state index contributed by atoms with van der Waals surface area (Å²) in [5.41, 5.74) is 6.41. The lowest BCUT2D eigenvalue weighted by Gasteiger charge is -2.28. The fourth-order valence-electron chi connectivity index (χ4n) is 2.36. The van der Waals surface area contributed by atoms with E-state index < -0.39 is 0 Å². The summed E-state index contributed by atoms with van der Waals surface area (Å²) in [6.07, 6.45) is 3.75. The van der Waals surface area contributed by atoms with Crippen molar-refractivity contribution in [2.75, 3.05) is 17.7 Å². The number of rotatable bonds is 5. The quantitative estimate of drug-likeness (QED) is 0.771. The smallest absolute Gasteiger partial charge is 0.239 e. The minimum absolute atomic E-state index is 0.0674. The molecule has 2 unspecified atom stereocenters. The largest absolute Gasteiger partial charge is 0.476 e. The molecule has 1 aliphatic rings. The third-order valence-corrected chi connectivity index (χ3v) is 3.51. The van der Waals surface area contributed by atoms with E-state index in [1.807, 2.05) is 6.07 Å². The van der Waals surface area contributed by atoms with E-state index in [0.29, 0.717) is 29.9 Å². The van der Waals surface area contributed by atoms with Crippen LogP contribution in [0.3, 0.4) is 0 Å². The van der Waals surface area contributed by atoms with Gasteiger partial charge in [-0.3, -0.25) is 0 Å². The molecule has 1 heterocycles. The molecule has 0 aliphatic heterocycles. The molecule has 0 amide bonds. The van der Waals surface area contributed by atoms with Gasteiger partial charge in [-0.2, -0.15) is 4.98 Å². The Morgan fingerprint density at radius 2 is 2.15 bits per heavy atom. The molecule has 1 saturated carbocycles. The van der Waals surface area contributed by atoms with Crippen molar-refractivity contribution in [1.29, 1.82) is 0 Å². The normalized spacial score (nSPS) is 22.8. The van der Waals surface area contributed by atoms with Gasteiger partial charge in [-0.25, -0.2) is 0 Å². The second-order valence-corrected chi connectivity index (χ2v) is 5.90. The molecule has 4 N–H and O–H groups in total. The Hall–Kier alpha value is -1.49. The number of aliphatic hydroxyl groups excluding tert-OH is 1. The molecule has 1 aromatic rings. The lowest BCUT2D eigenvalue weighted by Crippen LogP contribution is -2.36. The molecular formula is C15H25N3O2. The third-order valence-electron chi connectivity index (χ3n) is 3.51. The van der Waals surface area contributed by atoms with Crippen LogP contribution in [0.5, 0.6) is 5.88 Å². The fourth-order valence-corrected chi connectivity index (χ4v) is 2.36. The second-order valence-electron chi connectivity index (χ2n) is 5.90. The molecule has 0 bridgehead atoms. The van der Waals surface area contributed by atoms with Crippen molar-refractivity contribution in [3.63, 3.8) is 0 Å². The van der Waals surface area contributed by atoms with Gasteiger partial charge in [-0.05, 0) is 30.9 Å². The Morgan fingerprint density at radius 1 is 1.40 bits per heavy atom. The molecule has 1 aliphatic carbocycles. The van der Waals surface area contributed by atoms with Crippen molar-refractivity contribution in [3.05, 3.63) is 12.1 Å². The highest BCUT2D eigenvalue weighted by atomic mass is 16.5. The van der Waals surface area contributed by atoms with Crippen LogP contribution >= 0.6 is 0 Å². The van der Waals surface area contributed by atoms with Gasteiger partial charge in [-0.1, -0.05) is 26.7 Å². The Bertz CT molecular complexity index is 437. The highest BCUT2D eigenvalue weighted by Gasteiger charge is 2.23. The zero-order chi connectivity index (χ0) is 14.5. The number of nitrogen functional groups attached to an aromatic ring is 1. The molecule has 2 atom stereocenters. The Morgan fingerprint density at radius 3 is 2.85 bits per heavy atom. The van der Waals surface area contributed by atoms with Gasteiger partial charge in [0.2, 0.25) is 5.88 Å². The van der Waals surface area contributed by atoms with Crippen LogP contribution in [-0.2, 0) is 0 Å². The Balaban J connectivity index is 2.02. The van der Waals surface area contributed by atoms with Gasteiger partial charge in [0.1, 0.15) is 5.82 Å². The number of nitrogens with two attached hydrogens (primary N) is 1. The number of hydrogen-bond donors (Lipinski definition) is 3. The number of aliphatic hydroxyl groups is 1. The highest BCUT2D eigenvalue weighted by Crippen LogP contribution is 2.25. The van der Waals surface area contributed by atoms with Gasteiger partial charge in [0, 0.05) is 0 Å². The monoisotopic (exact) mass is 279 g/mol. The van der Waals surface area contributed by atoms with Crippen molar-refractivity contribution in [2.24, 2.45) is 5.92 Å². The predicted molar refractivity (Wildman–Crippen MR) is 80.9 cm³/mol. The summed E-state index contributed by atoms with van der Waals surface area (Å²) < 4.78 is 5.62. The Labute approximate surface area is 120 Å². The van der Waals surface area contributed by atoms with Crippen molar-refractivity contribution in [1.82, 2.24) is 4.98 Å². The van der Waals surface area contributed by atoms with Gasteiger partial charge in [-0.15, -0.1) is 0 Å². The molecule has 5 nitrogen and oxygen atoms in total. The van der Waals surface area contributed by atoms with Gasteiger partial charge in [0.05, 0.1) is 24.4 Å². The molecule has 112 valence electrons. The SMILES string of the molecule is CC(C)COc1nc(NC2CCCCC2O)ccc1N. The van der Waals surface area contributed by atoms with Crippen LogP contribution in [-0.4, -0.2) is 28.8 Å². The molecule has 5 heteroatoms. The van der Waals surface area contributed by atoms with Gasteiger partial charge >= 0.3 is 0 Å². The lowest BCUT2D eigenvalue weighted by molar-refractivity contribution is 0.116. The molecule has 1 aromatic heterocycles. The number of hydrogen-bond acceptors (Lipinski definition) is 5. The summed E-state index contributed by atoms with van der Waals surface area (Å²) in [5, 5.41) is 13.3. The van der Waals surface area contributed by atoms with E-state index in [-0.39, 0.29) is 12.1 Å². The zero-order valence-corrected chi connectivity index (χ0v) is 12.3. The van der Waals surface area contributed by atoms with Crippen molar-refractivity contribution in [2.45, 2.75) is 51.7 Å².